The molecule has 5 heteroatoms. The molecule has 2 heterocycles. The van der Waals surface area contributed by atoms with Crippen molar-refractivity contribution in [3.8, 4) is 0 Å². The van der Waals surface area contributed by atoms with Crippen LogP contribution in [0.25, 0.3) is 0 Å². The van der Waals surface area contributed by atoms with Gasteiger partial charge in [0.05, 0.1) is 0 Å². The topological polar surface area (TPSA) is 70.0 Å². The van der Waals surface area contributed by atoms with Gasteiger partial charge in [-0.25, -0.2) is 0 Å². The maximum absolute atomic E-state index is 12.8. The molecule has 1 saturated heterocycles. The van der Waals surface area contributed by atoms with Crippen LogP contribution >= 0.6 is 0 Å². The molecule has 3 rings (SSSR count). The summed E-state index contributed by atoms with van der Waals surface area (Å²) in [4.78, 5) is 31.0. The Morgan fingerprint density at radius 2 is 2.00 bits per heavy atom. The average Bonchev–Trinajstić information content (AvgIpc) is 2.61. The number of carbonyl (C=O) groups excluding carboxylic acids is 1. The molecule has 2 atom stereocenters. The Labute approximate surface area is 174 Å². The molecule has 1 fully saturated rings. The molecule has 1 aromatic carbocycles. The summed E-state index contributed by atoms with van der Waals surface area (Å²) >= 11 is 0. The fourth-order valence-corrected chi connectivity index (χ4v) is 4.59. The molecule has 0 radical (unpaired) electrons. The maximum atomic E-state index is 12.8. The van der Waals surface area contributed by atoms with Crippen LogP contribution in [0.5, 0.6) is 0 Å². The molecule has 2 aliphatic heterocycles. The third-order valence-corrected chi connectivity index (χ3v) is 6.08. The Hall–Kier alpha value is -2.17. The highest BCUT2D eigenvalue weighted by Gasteiger charge is 2.35. The highest BCUT2D eigenvalue weighted by Crippen LogP contribution is 2.33. The number of piperidine rings is 1. The van der Waals surface area contributed by atoms with Crippen molar-refractivity contribution in [1.82, 2.24) is 4.90 Å². The molecule has 0 saturated carbocycles. The molecule has 158 valence electrons. The number of hydrogen-bond donors (Lipinski definition) is 1. The first-order valence-electron chi connectivity index (χ1n) is 10.7. The molecular weight excluding hydrogens is 364 g/mol. The predicted octanol–water partition coefficient (Wildman–Crippen LogP) is 4.11. The van der Waals surface area contributed by atoms with Gasteiger partial charge < -0.3 is 10.0 Å². The summed E-state index contributed by atoms with van der Waals surface area (Å²) in [6.45, 7) is 10.4. The minimum absolute atomic E-state index is 0.0472. The smallest absolute Gasteiger partial charge is 0.303 e. The van der Waals surface area contributed by atoms with Gasteiger partial charge in [0, 0.05) is 38.2 Å². The van der Waals surface area contributed by atoms with Gasteiger partial charge >= 0.3 is 5.97 Å². The number of fused-ring (bicyclic) bond motifs is 1. The van der Waals surface area contributed by atoms with E-state index in [9.17, 15) is 14.7 Å². The zero-order valence-corrected chi connectivity index (χ0v) is 18.2. The number of aryl methyl sites for hydroxylation is 1. The van der Waals surface area contributed by atoms with Gasteiger partial charge in [-0.3, -0.25) is 14.6 Å². The van der Waals surface area contributed by atoms with E-state index in [1.54, 1.807) is 0 Å². The third-order valence-electron chi connectivity index (χ3n) is 6.08. The first-order valence-corrected chi connectivity index (χ1v) is 10.7. The van der Waals surface area contributed by atoms with Crippen molar-refractivity contribution in [2.45, 2.75) is 59.8 Å². The van der Waals surface area contributed by atoms with Crippen molar-refractivity contribution in [2.75, 3.05) is 19.6 Å². The van der Waals surface area contributed by atoms with Gasteiger partial charge in [-0.2, -0.15) is 0 Å². The van der Waals surface area contributed by atoms with E-state index in [2.05, 4.69) is 45.9 Å². The highest BCUT2D eigenvalue weighted by atomic mass is 16.4. The van der Waals surface area contributed by atoms with Crippen molar-refractivity contribution in [3.05, 3.63) is 34.9 Å². The number of aliphatic carboxylic acids is 1. The number of benzene rings is 1. The van der Waals surface area contributed by atoms with Crippen LogP contribution in [0.2, 0.25) is 0 Å². The molecule has 5 nitrogen and oxygen atoms in total. The highest BCUT2D eigenvalue weighted by molar-refractivity contribution is 6.03. The van der Waals surface area contributed by atoms with E-state index in [1.807, 2.05) is 4.90 Å². The molecule has 2 aliphatic rings. The fraction of sp³-hybridized carbons (Fsp3) is 0.625. The van der Waals surface area contributed by atoms with Gasteiger partial charge in [-0.15, -0.1) is 0 Å². The van der Waals surface area contributed by atoms with Crippen LogP contribution in [-0.2, 0) is 16.0 Å². The molecule has 0 aliphatic carbocycles. The lowest BCUT2D eigenvalue weighted by Crippen LogP contribution is -2.46. The number of carbonyl (C=O) groups is 2. The van der Waals surface area contributed by atoms with Gasteiger partial charge in [0.1, 0.15) is 0 Å². The van der Waals surface area contributed by atoms with Crippen LogP contribution in [0.4, 0.5) is 0 Å². The first kappa shape index (κ1) is 21.5. The number of aliphatic imine (C=N–C) groups is 1. The molecule has 1 aromatic rings. The summed E-state index contributed by atoms with van der Waals surface area (Å²) < 4.78 is 0. The van der Waals surface area contributed by atoms with E-state index in [0.29, 0.717) is 19.5 Å². The standard InChI is InChI=1S/C24H34N2O3/c1-16-5-6-17-7-9-25-21(20(17)11-16)12-19-15-26(22(27)14-24(2,3)4)10-8-18(19)13-23(28)29/h5-6,11,18-19H,7-10,12-15H2,1-4H3,(H,28,29)/t18-,19-/m0/s1. The van der Waals surface area contributed by atoms with Crippen molar-refractivity contribution in [3.63, 3.8) is 0 Å². The van der Waals surface area contributed by atoms with Crippen LogP contribution in [0.3, 0.4) is 0 Å². The van der Waals surface area contributed by atoms with E-state index in [0.717, 1.165) is 31.5 Å². The number of nitrogens with zero attached hydrogens (tertiary/aromatic N) is 2. The number of likely N-dealkylation sites (tertiary alicyclic amines) is 1. The van der Waals surface area contributed by atoms with Crippen molar-refractivity contribution in [1.29, 1.82) is 0 Å². The van der Waals surface area contributed by atoms with Crippen molar-refractivity contribution >= 4 is 17.6 Å². The number of amides is 1. The maximum Gasteiger partial charge on any atom is 0.303 e. The van der Waals surface area contributed by atoms with Crippen molar-refractivity contribution < 1.29 is 14.7 Å². The largest absolute Gasteiger partial charge is 0.481 e. The second-order valence-electron chi connectivity index (χ2n) is 9.93. The normalized spacial score (nSPS) is 22.1. The molecule has 29 heavy (non-hydrogen) atoms. The molecule has 1 N–H and O–H groups in total. The minimum Gasteiger partial charge on any atom is -0.481 e. The summed E-state index contributed by atoms with van der Waals surface area (Å²) in [5.74, 6) is -0.354. The van der Waals surface area contributed by atoms with Gasteiger partial charge in [0.2, 0.25) is 5.91 Å². The zero-order valence-electron chi connectivity index (χ0n) is 18.2. The van der Waals surface area contributed by atoms with E-state index in [-0.39, 0.29) is 29.6 Å². The van der Waals surface area contributed by atoms with Gasteiger partial charge in [0.15, 0.2) is 0 Å². The molecule has 0 unspecified atom stereocenters. The zero-order chi connectivity index (χ0) is 21.2. The minimum atomic E-state index is -0.753. The number of hydrogen-bond acceptors (Lipinski definition) is 3. The lowest BCUT2D eigenvalue weighted by atomic mass is 9.78. The van der Waals surface area contributed by atoms with Crippen molar-refractivity contribution in [2.24, 2.45) is 22.2 Å². The second-order valence-corrected chi connectivity index (χ2v) is 9.93. The quantitative estimate of drug-likeness (QED) is 0.811. The van der Waals surface area contributed by atoms with E-state index in [1.165, 1.54) is 16.7 Å². The Kier molecular flexibility index (Phi) is 6.45. The molecule has 0 aromatic heterocycles. The van der Waals surface area contributed by atoms with Crippen LogP contribution in [-0.4, -0.2) is 47.2 Å². The van der Waals surface area contributed by atoms with Gasteiger partial charge in [-0.1, -0.05) is 38.5 Å². The number of rotatable bonds is 5. The van der Waals surface area contributed by atoms with Gasteiger partial charge in [0.25, 0.3) is 0 Å². The molecule has 0 spiro atoms. The molecule has 0 bridgehead atoms. The predicted molar refractivity (Wildman–Crippen MR) is 115 cm³/mol. The summed E-state index contributed by atoms with van der Waals surface area (Å²) in [5.41, 5.74) is 4.79. The summed E-state index contributed by atoms with van der Waals surface area (Å²) in [6.07, 6.45) is 3.14. The third kappa shape index (κ3) is 5.68. The lowest BCUT2D eigenvalue weighted by Gasteiger charge is -2.39. The van der Waals surface area contributed by atoms with Crippen LogP contribution < -0.4 is 0 Å². The van der Waals surface area contributed by atoms with Gasteiger partial charge in [-0.05, 0) is 60.6 Å². The molecule has 1 amide bonds. The Morgan fingerprint density at radius 3 is 2.69 bits per heavy atom. The van der Waals surface area contributed by atoms with E-state index >= 15 is 0 Å². The van der Waals surface area contributed by atoms with E-state index < -0.39 is 5.97 Å². The monoisotopic (exact) mass is 398 g/mol. The average molecular weight is 399 g/mol. The Balaban J connectivity index is 1.79. The summed E-state index contributed by atoms with van der Waals surface area (Å²) in [6, 6.07) is 6.53. The number of carboxylic acids is 1. The fourth-order valence-electron chi connectivity index (χ4n) is 4.59. The SMILES string of the molecule is Cc1ccc2c(c1)C(C[C@H]1CN(C(=O)CC(C)(C)C)CC[C@H]1CC(=O)O)=NCC2. The van der Waals surface area contributed by atoms with Crippen LogP contribution in [0.1, 0.15) is 63.1 Å². The number of carboxylic acid groups (broad SMARTS) is 1. The first-order chi connectivity index (χ1) is 13.6. The van der Waals surface area contributed by atoms with Crippen LogP contribution in [0, 0.1) is 24.2 Å². The van der Waals surface area contributed by atoms with E-state index in [4.69, 9.17) is 4.99 Å². The molecular formula is C24H34N2O3. The second kappa shape index (κ2) is 8.68. The Bertz CT molecular complexity index is 807. The van der Waals surface area contributed by atoms with Crippen LogP contribution in [0.15, 0.2) is 23.2 Å². The lowest BCUT2D eigenvalue weighted by molar-refractivity contribution is -0.140. The summed E-state index contributed by atoms with van der Waals surface area (Å²) in [7, 11) is 0. The summed E-state index contributed by atoms with van der Waals surface area (Å²) in [5, 5.41) is 9.40. The Morgan fingerprint density at radius 1 is 1.24 bits per heavy atom.